The van der Waals surface area contributed by atoms with Crippen molar-refractivity contribution >= 4 is 44.3 Å². The van der Waals surface area contributed by atoms with Crippen molar-refractivity contribution in [1.29, 1.82) is 0 Å². The number of hydrogen-bond donors (Lipinski definition) is 1. The van der Waals surface area contributed by atoms with E-state index in [0.717, 1.165) is 34.4 Å². The molecule has 0 aromatic heterocycles. The Bertz CT molecular complexity index is 655. The van der Waals surface area contributed by atoms with Crippen molar-refractivity contribution in [3.8, 4) is 0 Å². The Balaban J connectivity index is 0.000000174. The number of rotatable bonds is 2. The Labute approximate surface area is 154 Å². The van der Waals surface area contributed by atoms with Gasteiger partial charge in [-0.05, 0) is 53.3 Å². The highest BCUT2D eigenvalue weighted by Gasteiger charge is 2.14. The zero-order valence-corrected chi connectivity index (χ0v) is 16.2. The van der Waals surface area contributed by atoms with E-state index in [1.54, 1.807) is 0 Å². The van der Waals surface area contributed by atoms with E-state index in [-0.39, 0.29) is 0 Å². The molecular formula is C18H20Br2N2O. The van der Waals surface area contributed by atoms with Crippen LogP contribution in [0, 0.1) is 6.92 Å². The molecule has 0 aliphatic carbocycles. The van der Waals surface area contributed by atoms with Crippen LogP contribution in [0.1, 0.15) is 17.2 Å². The maximum absolute atomic E-state index is 5.41. The van der Waals surface area contributed by atoms with Crippen LogP contribution >= 0.6 is 31.9 Å². The lowest BCUT2D eigenvalue weighted by Gasteiger charge is -2.24. The summed E-state index contributed by atoms with van der Waals surface area (Å²) in [6.45, 7) is 8.13. The Morgan fingerprint density at radius 1 is 1.22 bits per heavy atom. The van der Waals surface area contributed by atoms with Gasteiger partial charge in [0.15, 0.2) is 0 Å². The Kier molecular flexibility index (Phi) is 7.43. The molecule has 23 heavy (non-hydrogen) atoms. The first-order chi connectivity index (χ1) is 11.1. The van der Waals surface area contributed by atoms with Gasteiger partial charge in [0.25, 0.3) is 0 Å². The Morgan fingerprint density at radius 3 is 2.65 bits per heavy atom. The van der Waals surface area contributed by atoms with Crippen LogP contribution in [0.15, 0.2) is 56.4 Å². The van der Waals surface area contributed by atoms with Gasteiger partial charge in [0.2, 0.25) is 0 Å². The average Bonchev–Trinajstić information content (AvgIpc) is 2.56. The molecule has 0 radical (unpaired) electrons. The van der Waals surface area contributed by atoms with Gasteiger partial charge in [-0.25, -0.2) is 0 Å². The van der Waals surface area contributed by atoms with Gasteiger partial charge < -0.3 is 10.1 Å². The number of benzene rings is 2. The third kappa shape index (κ3) is 5.84. The number of nitrogens with zero attached hydrogens (tertiary/aromatic N) is 1. The summed E-state index contributed by atoms with van der Waals surface area (Å²) in [7, 11) is 0. The molecule has 0 spiro atoms. The summed E-state index contributed by atoms with van der Waals surface area (Å²) >= 11 is 6.68. The first-order valence-electron chi connectivity index (χ1n) is 7.39. The largest absolute Gasteiger partial charge is 0.378 e. The molecule has 1 unspecified atom stereocenters. The number of aliphatic imine (C=N–C) groups is 1. The third-order valence-corrected chi connectivity index (χ3v) is 4.57. The second kappa shape index (κ2) is 9.33. The molecule has 1 atom stereocenters. The van der Waals surface area contributed by atoms with Crippen molar-refractivity contribution in [3.05, 3.63) is 62.5 Å². The van der Waals surface area contributed by atoms with Crippen LogP contribution in [0.4, 0.5) is 5.69 Å². The van der Waals surface area contributed by atoms with Gasteiger partial charge in [-0.15, -0.1) is 0 Å². The van der Waals surface area contributed by atoms with Gasteiger partial charge in [-0.2, -0.15) is 0 Å². The molecule has 0 saturated carbocycles. The van der Waals surface area contributed by atoms with E-state index < -0.39 is 0 Å². The first-order valence-corrected chi connectivity index (χ1v) is 8.98. The topological polar surface area (TPSA) is 33.6 Å². The minimum atomic E-state index is 0.383. The molecular weight excluding hydrogens is 420 g/mol. The van der Waals surface area contributed by atoms with Crippen LogP contribution in [-0.4, -0.2) is 26.5 Å². The quantitative estimate of drug-likeness (QED) is 0.652. The predicted molar refractivity (Wildman–Crippen MR) is 104 cm³/mol. The Hall–Kier alpha value is -1.01. The summed E-state index contributed by atoms with van der Waals surface area (Å²) < 4.78 is 7.40. The van der Waals surface area contributed by atoms with Crippen LogP contribution in [0.2, 0.25) is 0 Å². The van der Waals surface area contributed by atoms with E-state index >= 15 is 0 Å². The molecule has 0 bridgehead atoms. The molecule has 1 aliphatic rings. The van der Waals surface area contributed by atoms with Crippen molar-refractivity contribution in [2.24, 2.45) is 4.99 Å². The minimum Gasteiger partial charge on any atom is -0.378 e. The third-order valence-electron chi connectivity index (χ3n) is 3.45. The number of halogens is 2. The SMILES string of the molecule is C=Nc1ccc(Br)cc1Br.Cc1cccc(C2COCCN2)c1. The number of nitrogens with one attached hydrogen (secondary N) is 1. The monoisotopic (exact) mass is 438 g/mol. The predicted octanol–water partition coefficient (Wildman–Crippen LogP) is 5.20. The fourth-order valence-electron chi connectivity index (χ4n) is 2.28. The maximum Gasteiger partial charge on any atom is 0.0765 e. The number of aryl methyl sites for hydroxylation is 1. The van der Waals surface area contributed by atoms with E-state index in [4.69, 9.17) is 4.74 Å². The van der Waals surface area contributed by atoms with Gasteiger partial charge in [-0.1, -0.05) is 45.8 Å². The van der Waals surface area contributed by atoms with Gasteiger partial charge in [0.05, 0.1) is 24.9 Å². The minimum absolute atomic E-state index is 0.383. The van der Waals surface area contributed by atoms with Crippen molar-refractivity contribution in [2.45, 2.75) is 13.0 Å². The van der Waals surface area contributed by atoms with Gasteiger partial charge in [0, 0.05) is 15.5 Å². The highest BCUT2D eigenvalue weighted by atomic mass is 79.9. The molecule has 3 nitrogen and oxygen atoms in total. The number of hydrogen-bond acceptors (Lipinski definition) is 3. The fourth-order valence-corrected chi connectivity index (χ4v) is 3.45. The molecule has 3 rings (SSSR count). The first kappa shape index (κ1) is 18.3. The van der Waals surface area contributed by atoms with Crippen LogP contribution in [0.25, 0.3) is 0 Å². The average molecular weight is 440 g/mol. The summed E-state index contributed by atoms with van der Waals surface area (Å²) in [5, 5.41) is 3.44. The van der Waals surface area contributed by atoms with E-state index in [1.165, 1.54) is 11.1 Å². The number of ether oxygens (including phenoxy) is 1. The Morgan fingerprint density at radius 2 is 2.04 bits per heavy atom. The van der Waals surface area contributed by atoms with E-state index in [2.05, 4.69) is 80.1 Å². The van der Waals surface area contributed by atoms with Crippen LogP contribution in [0.3, 0.4) is 0 Å². The van der Waals surface area contributed by atoms with Crippen LogP contribution in [0.5, 0.6) is 0 Å². The molecule has 5 heteroatoms. The molecule has 122 valence electrons. The lowest BCUT2D eigenvalue weighted by molar-refractivity contribution is 0.0769. The summed E-state index contributed by atoms with van der Waals surface area (Å²) in [4.78, 5) is 3.79. The molecule has 2 aromatic rings. The van der Waals surface area contributed by atoms with Crippen molar-refractivity contribution in [3.63, 3.8) is 0 Å². The molecule has 1 saturated heterocycles. The summed E-state index contributed by atoms with van der Waals surface area (Å²) in [5.74, 6) is 0. The van der Waals surface area contributed by atoms with E-state index in [1.807, 2.05) is 18.2 Å². The summed E-state index contributed by atoms with van der Waals surface area (Å²) in [6, 6.07) is 14.7. The number of morpholine rings is 1. The van der Waals surface area contributed by atoms with Gasteiger partial charge >= 0.3 is 0 Å². The molecule has 2 aromatic carbocycles. The fraction of sp³-hybridized carbons (Fsp3) is 0.278. The van der Waals surface area contributed by atoms with Gasteiger partial charge in [0.1, 0.15) is 0 Å². The smallest absolute Gasteiger partial charge is 0.0765 e. The highest BCUT2D eigenvalue weighted by Crippen LogP contribution is 2.27. The van der Waals surface area contributed by atoms with Crippen molar-refractivity contribution in [1.82, 2.24) is 5.32 Å². The molecule has 1 fully saturated rings. The molecule has 1 aliphatic heterocycles. The molecule has 1 heterocycles. The van der Waals surface area contributed by atoms with Crippen LogP contribution in [-0.2, 0) is 4.74 Å². The molecule has 0 amide bonds. The van der Waals surface area contributed by atoms with Crippen LogP contribution < -0.4 is 5.32 Å². The van der Waals surface area contributed by atoms with Crippen molar-refractivity contribution < 1.29 is 4.74 Å². The molecule has 1 N–H and O–H groups in total. The van der Waals surface area contributed by atoms with E-state index in [0.29, 0.717) is 6.04 Å². The lowest BCUT2D eigenvalue weighted by Crippen LogP contribution is -2.34. The van der Waals surface area contributed by atoms with E-state index in [9.17, 15) is 0 Å². The normalized spacial score (nSPS) is 17.1. The van der Waals surface area contributed by atoms with Crippen molar-refractivity contribution in [2.75, 3.05) is 19.8 Å². The zero-order valence-electron chi connectivity index (χ0n) is 13.1. The lowest BCUT2D eigenvalue weighted by atomic mass is 10.0. The maximum atomic E-state index is 5.41. The summed E-state index contributed by atoms with van der Waals surface area (Å²) in [5.41, 5.74) is 3.51. The standard InChI is InChI=1S/C11H15NO.C7H5Br2N/c1-9-3-2-4-10(7-9)11-8-13-6-5-12-11;1-10-7-3-2-5(8)4-6(7)9/h2-4,7,11-12H,5-6,8H2,1H3;2-4H,1H2. The second-order valence-corrected chi connectivity index (χ2v) is 7.02. The second-order valence-electron chi connectivity index (χ2n) is 5.25. The summed E-state index contributed by atoms with van der Waals surface area (Å²) in [6.07, 6.45) is 0. The highest BCUT2D eigenvalue weighted by molar-refractivity contribution is 9.11. The zero-order chi connectivity index (χ0) is 16.7. The van der Waals surface area contributed by atoms with Gasteiger partial charge in [-0.3, -0.25) is 4.99 Å².